The number of hydrogen-bond acceptors (Lipinski definition) is 2. The monoisotopic (exact) mass is 474 g/mol. The maximum Gasteiger partial charge on any atom is 0.221 e. The highest BCUT2D eigenvalue weighted by atomic mass is 16.1. The van der Waals surface area contributed by atoms with Gasteiger partial charge in [-0.05, 0) is 75.0 Å². The molecule has 1 N–H and O–H groups in total. The van der Waals surface area contributed by atoms with Crippen molar-refractivity contribution in [2.75, 3.05) is 5.32 Å². The van der Waals surface area contributed by atoms with Gasteiger partial charge in [0.1, 0.15) is 0 Å². The van der Waals surface area contributed by atoms with E-state index in [0.29, 0.717) is 0 Å². The Morgan fingerprint density at radius 1 is 0.622 bits per heavy atom. The summed E-state index contributed by atoms with van der Waals surface area (Å²) in [5, 5.41) is 17.3. The Morgan fingerprint density at radius 2 is 1.43 bits per heavy atom. The molecule has 0 aliphatic heterocycles. The lowest BCUT2D eigenvalue weighted by Crippen LogP contribution is -2.06. The van der Waals surface area contributed by atoms with Gasteiger partial charge in [0, 0.05) is 39.5 Å². The molecule has 0 saturated heterocycles. The van der Waals surface area contributed by atoms with Crippen molar-refractivity contribution in [1.29, 1.82) is 0 Å². The van der Waals surface area contributed by atoms with Gasteiger partial charge in [-0.3, -0.25) is 4.79 Å². The van der Waals surface area contributed by atoms with Crippen LogP contribution >= 0.6 is 0 Å². The number of aryl methyl sites for hydroxylation is 1. The normalized spacial score (nSPS) is 12.2. The molecule has 7 aromatic carbocycles. The molecule has 1 amide bonds. The first-order valence-corrected chi connectivity index (χ1v) is 12.6. The lowest BCUT2D eigenvalue weighted by atomic mass is 9.88. The zero-order valence-electron chi connectivity index (χ0n) is 20.5. The number of benzene rings is 7. The molecule has 174 valence electrons. The van der Waals surface area contributed by atoms with Gasteiger partial charge < -0.3 is 5.32 Å². The van der Waals surface area contributed by atoms with Gasteiger partial charge in [0.2, 0.25) is 5.91 Å². The standard InChI is InChI=1S/C34H22N2O/c1-18-10-11-21-16-27-29(35-19(2)37)12-13-30-33(27)32(25(21)14-18)28-17-26-23-8-4-3-6-20(23)15-22-7-5-9-24(31(22)26)34(28)36-30/h3-17H,1-2H3,(H,35,37). The van der Waals surface area contributed by atoms with Crippen LogP contribution in [-0.4, -0.2) is 10.9 Å². The molecule has 0 radical (unpaired) electrons. The van der Waals surface area contributed by atoms with Crippen LogP contribution in [0, 0.1) is 6.92 Å². The van der Waals surface area contributed by atoms with E-state index in [9.17, 15) is 4.79 Å². The van der Waals surface area contributed by atoms with Crippen LogP contribution < -0.4 is 5.32 Å². The number of hydrogen-bond donors (Lipinski definition) is 1. The zero-order chi connectivity index (χ0) is 24.8. The predicted molar refractivity (Wildman–Crippen MR) is 157 cm³/mol. The number of aromatic nitrogens is 1. The van der Waals surface area contributed by atoms with E-state index < -0.39 is 0 Å². The molecule has 0 fully saturated rings. The number of pyridine rings is 1. The lowest BCUT2D eigenvalue weighted by Gasteiger charge is -2.18. The Morgan fingerprint density at radius 3 is 2.32 bits per heavy atom. The van der Waals surface area contributed by atoms with Crippen LogP contribution in [0.3, 0.4) is 0 Å². The summed E-state index contributed by atoms with van der Waals surface area (Å²) >= 11 is 0. The van der Waals surface area contributed by atoms with Crippen molar-refractivity contribution in [3.63, 3.8) is 0 Å². The molecule has 8 aromatic rings. The SMILES string of the molecule is CC(=O)Nc1ccc2nc3c4cccc5cc6ccccc6c(cc3c3c6cc(C)ccc6cc1c23)c54. The van der Waals surface area contributed by atoms with Crippen molar-refractivity contribution in [3.05, 3.63) is 96.6 Å². The summed E-state index contributed by atoms with van der Waals surface area (Å²) in [6.07, 6.45) is 0. The summed E-state index contributed by atoms with van der Waals surface area (Å²) in [5.74, 6) is -0.0789. The fourth-order valence-electron chi connectivity index (χ4n) is 6.29. The van der Waals surface area contributed by atoms with Crippen LogP contribution in [0.15, 0.2) is 91.0 Å². The number of nitrogens with one attached hydrogen (secondary N) is 1. The number of nitrogens with zero attached hydrogens (tertiary/aromatic N) is 1. The van der Waals surface area contributed by atoms with Crippen molar-refractivity contribution in [3.8, 4) is 0 Å². The predicted octanol–water partition coefficient (Wildman–Crippen LogP) is 8.86. The quantitative estimate of drug-likeness (QED) is 0.191. The van der Waals surface area contributed by atoms with E-state index >= 15 is 0 Å². The van der Waals surface area contributed by atoms with Gasteiger partial charge in [0.15, 0.2) is 0 Å². The van der Waals surface area contributed by atoms with Gasteiger partial charge in [0.05, 0.1) is 11.0 Å². The molecular weight excluding hydrogens is 452 g/mol. The number of carbonyl (C=O) groups excluding carboxylic acids is 1. The molecule has 0 unspecified atom stereocenters. The molecule has 0 saturated carbocycles. The van der Waals surface area contributed by atoms with Crippen molar-refractivity contribution in [1.82, 2.24) is 4.98 Å². The first-order chi connectivity index (χ1) is 18.1. The van der Waals surface area contributed by atoms with Crippen LogP contribution in [0.1, 0.15) is 12.5 Å². The average molecular weight is 475 g/mol. The summed E-state index contributed by atoms with van der Waals surface area (Å²) in [6, 6.07) is 32.6. The highest BCUT2D eigenvalue weighted by Gasteiger charge is 2.19. The molecule has 37 heavy (non-hydrogen) atoms. The van der Waals surface area contributed by atoms with Crippen molar-refractivity contribution in [2.24, 2.45) is 0 Å². The van der Waals surface area contributed by atoms with Crippen molar-refractivity contribution in [2.45, 2.75) is 13.8 Å². The fourth-order valence-corrected chi connectivity index (χ4v) is 6.29. The summed E-state index contributed by atoms with van der Waals surface area (Å²) in [6.45, 7) is 3.70. The Balaban J connectivity index is 1.71. The van der Waals surface area contributed by atoms with E-state index in [4.69, 9.17) is 4.98 Å². The van der Waals surface area contributed by atoms with Gasteiger partial charge in [-0.15, -0.1) is 0 Å². The van der Waals surface area contributed by atoms with Crippen LogP contribution in [0.25, 0.3) is 75.7 Å². The molecule has 1 aromatic heterocycles. The Hall–Kier alpha value is -4.76. The van der Waals surface area contributed by atoms with E-state index in [2.05, 4.69) is 91.1 Å². The zero-order valence-corrected chi connectivity index (χ0v) is 20.5. The third-order valence-electron chi connectivity index (χ3n) is 7.79. The minimum absolute atomic E-state index is 0.0789. The minimum atomic E-state index is -0.0789. The second kappa shape index (κ2) is 7.14. The molecule has 0 spiro atoms. The van der Waals surface area contributed by atoms with E-state index in [1.807, 2.05) is 12.1 Å². The number of anilines is 1. The van der Waals surface area contributed by atoms with Gasteiger partial charge >= 0.3 is 0 Å². The van der Waals surface area contributed by atoms with E-state index in [1.54, 1.807) is 6.92 Å². The number of amides is 1. The highest BCUT2D eigenvalue weighted by Crippen LogP contribution is 2.44. The highest BCUT2D eigenvalue weighted by molar-refractivity contribution is 6.36. The van der Waals surface area contributed by atoms with Gasteiger partial charge in [-0.25, -0.2) is 4.98 Å². The number of fused-ring (bicyclic) bond motifs is 7. The molecule has 3 nitrogen and oxygen atoms in total. The largest absolute Gasteiger partial charge is 0.326 e. The van der Waals surface area contributed by atoms with Crippen LogP contribution in [-0.2, 0) is 4.79 Å². The molecule has 0 atom stereocenters. The van der Waals surface area contributed by atoms with E-state index in [1.165, 1.54) is 48.7 Å². The average Bonchev–Trinajstić information content (AvgIpc) is 2.90. The molecule has 0 aliphatic carbocycles. The Bertz CT molecular complexity index is 2260. The maximum absolute atomic E-state index is 12.1. The van der Waals surface area contributed by atoms with Crippen molar-refractivity contribution >= 4 is 87.3 Å². The fraction of sp³-hybridized carbons (Fsp3) is 0.0588. The molecule has 8 rings (SSSR count). The Labute approximate surface area is 212 Å². The smallest absolute Gasteiger partial charge is 0.221 e. The first-order valence-electron chi connectivity index (χ1n) is 12.6. The van der Waals surface area contributed by atoms with E-state index in [0.717, 1.165) is 38.3 Å². The summed E-state index contributed by atoms with van der Waals surface area (Å²) in [5.41, 5.74) is 3.99. The second-order valence-electron chi connectivity index (χ2n) is 10.1. The third-order valence-corrected chi connectivity index (χ3v) is 7.79. The van der Waals surface area contributed by atoms with Gasteiger partial charge in [-0.2, -0.15) is 0 Å². The summed E-state index contributed by atoms with van der Waals surface area (Å²) in [4.78, 5) is 17.3. The van der Waals surface area contributed by atoms with Crippen LogP contribution in [0.5, 0.6) is 0 Å². The topological polar surface area (TPSA) is 42.0 Å². The summed E-state index contributed by atoms with van der Waals surface area (Å²) < 4.78 is 0. The lowest BCUT2D eigenvalue weighted by molar-refractivity contribution is -0.114. The Kier molecular flexibility index (Phi) is 3.95. The minimum Gasteiger partial charge on any atom is -0.326 e. The molecule has 1 heterocycles. The molecular formula is C34H22N2O. The maximum atomic E-state index is 12.1. The van der Waals surface area contributed by atoms with Gasteiger partial charge in [0.25, 0.3) is 0 Å². The van der Waals surface area contributed by atoms with Crippen LogP contribution in [0.4, 0.5) is 5.69 Å². The second-order valence-corrected chi connectivity index (χ2v) is 10.1. The molecule has 0 bridgehead atoms. The number of rotatable bonds is 1. The van der Waals surface area contributed by atoms with E-state index in [-0.39, 0.29) is 5.91 Å². The van der Waals surface area contributed by atoms with Crippen molar-refractivity contribution < 1.29 is 4.79 Å². The van der Waals surface area contributed by atoms with Gasteiger partial charge in [-0.1, -0.05) is 66.2 Å². The first kappa shape index (κ1) is 20.4. The molecule has 3 heteroatoms. The van der Waals surface area contributed by atoms with Crippen LogP contribution in [0.2, 0.25) is 0 Å². The summed E-state index contributed by atoms with van der Waals surface area (Å²) in [7, 11) is 0. The third kappa shape index (κ3) is 2.77. The molecule has 0 aliphatic rings. The number of carbonyl (C=O) groups is 1.